The second kappa shape index (κ2) is 8.39. The molecule has 1 unspecified atom stereocenters. The van der Waals surface area contributed by atoms with Crippen molar-refractivity contribution in [1.29, 1.82) is 0 Å². The van der Waals surface area contributed by atoms with Crippen LogP contribution in [0, 0.1) is 5.92 Å². The van der Waals surface area contributed by atoms with Crippen LogP contribution >= 0.6 is 0 Å². The van der Waals surface area contributed by atoms with Crippen molar-refractivity contribution >= 4 is 23.1 Å². The largest absolute Gasteiger partial charge is 0.425 e. The van der Waals surface area contributed by atoms with E-state index in [2.05, 4.69) is 20.5 Å². The van der Waals surface area contributed by atoms with Gasteiger partial charge in [0.15, 0.2) is 0 Å². The summed E-state index contributed by atoms with van der Waals surface area (Å²) < 4.78 is 5.62. The second-order valence-electron chi connectivity index (χ2n) is 6.33. The van der Waals surface area contributed by atoms with E-state index in [0.29, 0.717) is 23.8 Å². The Kier molecular flexibility index (Phi) is 5.75. The van der Waals surface area contributed by atoms with Crippen molar-refractivity contribution in [2.45, 2.75) is 25.7 Å². The number of aldehydes is 1. The van der Waals surface area contributed by atoms with Crippen LogP contribution in [0.3, 0.4) is 0 Å². The number of H-pyrrole nitrogens is 1. The van der Waals surface area contributed by atoms with Gasteiger partial charge in [-0.25, -0.2) is 0 Å². The van der Waals surface area contributed by atoms with Crippen LogP contribution < -0.4 is 10.9 Å². The fraction of sp³-hybridized carbons (Fsp3) is 0.316. The quantitative estimate of drug-likeness (QED) is 0.580. The number of nitrogens with one attached hydrogen (secondary N) is 2. The minimum Gasteiger partial charge on any atom is -0.425 e. The van der Waals surface area contributed by atoms with Crippen molar-refractivity contribution in [3.63, 3.8) is 0 Å². The molecule has 0 radical (unpaired) electrons. The molecule has 0 aliphatic heterocycles. The van der Waals surface area contributed by atoms with Crippen LogP contribution in [-0.2, 0) is 22.4 Å². The summed E-state index contributed by atoms with van der Waals surface area (Å²) >= 11 is 0. The molecule has 3 aromatic rings. The predicted molar refractivity (Wildman–Crippen MR) is 98.2 cm³/mol. The van der Waals surface area contributed by atoms with E-state index in [1.807, 2.05) is 24.3 Å². The van der Waals surface area contributed by atoms with E-state index in [4.69, 9.17) is 4.42 Å². The van der Waals surface area contributed by atoms with Gasteiger partial charge in [0.05, 0.1) is 6.42 Å². The lowest BCUT2D eigenvalue weighted by Gasteiger charge is -2.10. The van der Waals surface area contributed by atoms with Crippen LogP contribution in [0.25, 0.3) is 10.9 Å². The van der Waals surface area contributed by atoms with E-state index in [1.54, 1.807) is 13.1 Å². The van der Waals surface area contributed by atoms with Gasteiger partial charge in [-0.1, -0.05) is 18.2 Å². The molecule has 0 aliphatic rings. The monoisotopic (exact) mass is 368 g/mol. The number of rotatable bonds is 8. The number of hydrogen-bond acceptors (Lipinski definition) is 6. The first-order valence-corrected chi connectivity index (χ1v) is 8.65. The Morgan fingerprint density at radius 3 is 2.85 bits per heavy atom. The number of aromatic nitrogens is 3. The van der Waals surface area contributed by atoms with Crippen LogP contribution in [0.15, 0.2) is 39.5 Å². The summed E-state index contributed by atoms with van der Waals surface area (Å²) in [6.07, 6.45) is 1.75. The van der Waals surface area contributed by atoms with Crippen LogP contribution in [0.2, 0.25) is 0 Å². The molecule has 8 nitrogen and oxygen atoms in total. The van der Waals surface area contributed by atoms with Gasteiger partial charge in [-0.05, 0) is 23.4 Å². The number of benzene rings is 1. The maximum atomic E-state index is 12.2. The molecule has 2 aromatic heterocycles. The van der Waals surface area contributed by atoms with Crippen molar-refractivity contribution in [2.24, 2.45) is 5.92 Å². The minimum absolute atomic E-state index is 0.149. The number of amides is 1. The van der Waals surface area contributed by atoms with E-state index in [-0.39, 0.29) is 36.6 Å². The average Bonchev–Trinajstić information content (AvgIpc) is 3.09. The molecule has 1 aromatic carbocycles. The van der Waals surface area contributed by atoms with Crippen LogP contribution in [-0.4, -0.2) is 34.4 Å². The summed E-state index contributed by atoms with van der Waals surface area (Å²) in [5, 5.41) is 11.4. The summed E-state index contributed by atoms with van der Waals surface area (Å²) in [4.78, 5) is 37.4. The topological polar surface area (TPSA) is 118 Å². The maximum absolute atomic E-state index is 12.2. The first-order valence-electron chi connectivity index (χ1n) is 8.65. The lowest BCUT2D eigenvalue weighted by molar-refractivity contribution is -0.121. The maximum Gasteiger partial charge on any atom is 0.252 e. The fourth-order valence-electron chi connectivity index (χ4n) is 2.92. The number of aromatic amines is 1. The zero-order valence-corrected chi connectivity index (χ0v) is 14.9. The Hall–Kier alpha value is -3.29. The molecule has 3 rings (SSSR count). The highest BCUT2D eigenvalue weighted by Crippen LogP contribution is 2.16. The molecule has 2 N–H and O–H groups in total. The third-order valence-corrected chi connectivity index (χ3v) is 4.33. The Morgan fingerprint density at radius 2 is 2.07 bits per heavy atom. The number of carbonyl (C=O) groups is 2. The third-order valence-electron chi connectivity index (χ3n) is 4.33. The van der Waals surface area contributed by atoms with Crippen molar-refractivity contribution in [3.8, 4) is 0 Å². The molecule has 0 bridgehead atoms. The van der Waals surface area contributed by atoms with E-state index in [0.717, 1.165) is 17.2 Å². The first-order chi connectivity index (χ1) is 13.1. The van der Waals surface area contributed by atoms with Crippen molar-refractivity contribution in [2.75, 3.05) is 7.05 Å². The Morgan fingerprint density at radius 1 is 1.30 bits per heavy atom. The second-order valence-corrected chi connectivity index (χ2v) is 6.33. The van der Waals surface area contributed by atoms with Gasteiger partial charge in [-0.2, -0.15) is 0 Å². The molecule has 0 aliphatic carbocycles. The number of para-hydroxylation sites is 1. The molecule has 1 atom stereocenters. The molecular formula is C19H20N4O4. The normalized spacial score (nSPS) is 12.0. The van der Waals surface area contributed by atoms with Gasteiger partial charge < -0.3 is 19.5 Å². The molecule has 1 amide bonds. The molecule has 2 heterocycles. The average molecular weight is 368 g/mol. The van der Waals surface area contributed by atoms with Crippen molar-refractivity contribution in [3.05, 3.63) is 58.0 Å². The Bertz CT molecular complexity index is 1010. The SMILES string of the molecule is CNC(=O)CC(CC=O)Cc1nnc(Cc2cc3ccccc3[nH]c2=O)o1. The summed E-state index contributed by atoms with van der Waals surface area (Å²) in [6.45, 7) is 0. The number of fused-ring (bicyclic) bond motifs is 1. The first kappa shape index (κ1) is 18.5. The fourth-order valence-corrected chi connectivity index (χ4v) is 2.92. The molecule has 0 fully saturated rings. The van der Waals surface area contributed by atoms with Gasteiger partial charge in [-0.15, -0.1) is 10.2 Å². The molecule has 0 spiro atoms. The summed E-state index contributed by atoms with van der Waals surface area (Å²) in [7, 11) is 1.55. The van der Waals surface area contributed by atoms with Crippen LogP contribution in [0.4, 0.5) is 0 Å². The van der Waals surface area contributed by atoms with Gasteiger partial charge in [-0.3, -0.25) is 9.59 Å². The summed E-state index contributed by atoms with van der Waals surface area (Å²) in [5.74, 6) is 0.303. The molecule has 8 heteroatoms. The minimum atomic E-state index is -0.208. The van der Waals surface area contributed by atoms with Crippen molar-refractivity contribution in [1.82, 2.24) is 20.5 Å². The van der Waals surface area contributed by atoms with Gasteiger partial charge in [0.1, 0.15) is 6.29 Å². The lowest BCUT2D eigenvalue weighted by atomic mass is 9.98. The number of carbonyl (C=O) groups excluding carboxylic acids is 2. The highest BCUT2D eigenvalue weighted by Gasteiger charge is 2.18. The number of pyridine rings is 1. The Labute approximate surface area is 155 Å². The number of hydrogen-bond donors (Lipinski definition) is 2. The van der Waals surface area contributed by atoms with Crippen molar-refractivity contribution < 1.29 is 14.0 Å². The molecular weight excluding hydrogens is 348 g/mol. The lowest BCUT2D eigenvalue weighted by Crippen LogP contribution is -2.22. The third kappa shape index (κ3) is 4.66. The van der Waals surface area contributed by atoms with Crippen LogP contribution in [0.5, 0.6) is 0 Å². The predicted octanol–water partition coefficient (Wildman–Crippen LogP) is 1.39. The van der Waals surface area contributed by atoms with E-state index in [9.17, 15) is 14.4 Å². The van der Waals surface area contributed by atoms with Gasteiger partial charge in [0.25, 0.3) is 5.56 Å². The van der Waals surface area contributed by atoms with Gasteiger partial charge >= 0.3 is 0 Å². The van der Waals surface area contributed by atoms with E-state index >= 15 is 0 Å². The zero-order chi connectivity index (χ0) is 19.2. The summed E-state index contributed by atoms with van der Waals surface area (Å²) in [5.41, 5.74) is 1.09. The Balaban J connectivity index is 1.74. The molecule has 140 valence electrons. The smallest absolute Gasteiger partial charge is 0.252 e. The molecule has 27 heavy (non-hydrogen) atoms. The zero-order valence-electron chi connectivity index (χ0n) is 14.9. The van der Waals surface area contributed by atoms with Gasteiger partial charge in [0, 0.05) is 37.4 Å². The molecule has 0 saturated heterocycles. The highest BCUT2D eigenvalue weighted by molar-refractivity contribution is 5.78. The van der Waals surface area contributed by atoms with Crippen LogP contribution in [0.1, 0.15) is 30.2 Å². The standard InChI is InChI=1S/C19H20N4O4/c1-20-16(25)8-12(6-7-24)9-17-22-23-18(27-17)11-14-10-13-4-2-3-5-15(13)21-19(14)26/h2-5,7,10,12H,6,8-9,11H2,1H3,(H,20,25)(H,21,26). The van der Waals surface area contributed by atoms with E-state index < -0.39 is 0 Å². The summed E-state index contributed by atoms with van der Waals surface area (Å²) in [6, 6.07) is 9.31. The highest BCUT2D eigenvalue weighted by atomic mass is 16.4. The van der Waals surface area contributed by atoms with E-state index in [1.165, 1.54) is 0 Å². The molecule has 0 saturated carbocycles. The van der Waals surface area contributed by atoms with Gasteiger partial charge in [0.2, 0.25) is 17.7 Å². The number of nitrogens with zero attached hydrogens (tertiary/aromatic N) is 2.